The molecule has 3 atom stereocenters. The van der Waals surface area contributed by atoms with Gasteiger partial charge in [-0.1, -0.05) is 42.6 Å². The lowest BCUT2D eigenvalue weighted by Crippen LogP contribution is -2.49. The molecule has 0 aromatic heterocycles. The molecule has 1 fully saturated rings. The summed E-state index contributed by atoms with van der Waals surface area (Å²) < 4.78 is 0. The number of amides is 1. The number of nitrogens with one attached hydrogen (secondary N) is 2. The van der Waals surface area contributed by atoms with Crippen LogP contribution in [-0.2, 0) is 4.79 Å². The Morgan fingerprint density at radius 2 is 2.19 bits per heavy atom. The Hall–Kier alpha value is -0.770. The van der Waals surface area contributed by atoms with Crippen molar-refractivity contribution in [3.8, 4) is 0 Å². The molecule has 0 radical (unpaired) electrons. The summed E-state index contributed by atoms with van der Waals surface area (Å²) in [6, 6.07) is 5.28. The number of piperidine rings is 1. The van der Waals surface area contributed by atoms with Gasteiger partial charge in [0.2, 0.25) is 5.91 Å². The van der Waals surface area contributed by atoms with Gasteiger partial charge in [0.1, 0.15) is 0 Å². The van der Waals surface area contributed by atoms with E-state index >= 15 is 0 Å². The third kappa shape index (κ3) is 4.35. The first kappa shape index (κ1) is 16.6. The van der Waals surface area contributed by atoms with E-state index < -0.39 is 0 Å². The van der Waals surface area contributed by atoms with E-state index in [-0.39, 0.29) is 18.0 Å². The smallest absolute Gasteiger partial charge is 0.237 e. The topological polar surface area (TPSA) is 41.1 Å². The molecule has 3 nitrogen and oxygen atoms in total. The molecule has 1 aliphatic heterocycles. The summed E-state index contributed by atoms with van der Waals surface area (Å²) in [6.45, 7) is 5.05. The third-order valence-electron chi connectivity index (χ3n) is 4.21. The number of hydrogen-bond donors (Lipinski definition) is 2. The van der Waals surface area contributed by atoms with Crippen LogP contribution in [-0.4, -0.2) is 18.5 Å². The van der Waals surface area contributed by atoms with Gasteiger partial charge in [0, 0.05) is 0 Å². The minimum atomic E-state index is -0.0890. The number of hydrogen-bond acceptors (Lipinski definition) is 2. The van der Waals surface area contributed by atoms with E-state index in [1.165, 1.54) is 0 Å². The molecule has 21 heavy (non-hydrogen) atoms. The van der Waals surface area contributed by atoms with E-state index in [1.807, 2.05) is 13.0 Å². The number of carbonyl (C=O) groups excluding carboxylic acids is 1. The molecular weight excluding hydrogens is 307 g/mol. The normalized spacial score (nSPS) is 23.6. The van der Waals surface area contributed by atoms with Crippen molar-refractivity contribution in [3.05, 3.63) is 33.8 Å². The minimum absolute atomic E-state index is 0.0618. The monoisotopic (exact) mass is 328 g/mol. The molecule has 1 amide bonds. The van der Waals surface area contributed by atoms with Crippen LogP contribution in [0.5, 0.6) is 0 Å². The van der Waals surface area contributed by atoms with Crippen molar-refractivity contribution in [2.45, 2.75) is 45.2 Å². The average molecular weight is 329 g/mol. The maximum atomic E-state index is 12.4. The lowest BCUT2D eigenvalue weighted by molar-refractivity contribution is -0.124. The zero-order chi connectivity index (χ0) is 15.4. The summed E-state index contributed by atoms with van der Waals surface area (Å²) >= 11 is 11.9. The van der Waals surface area contributed by atoms with Crippen LogP contribution in [0.3, 0.4) is 0 Å². The van der Waals surface area contributed by atoms with Gasteiger partial charge in [-0.05, 0) is 49.9 Å². The second kappa shape index (κ2) is 7.48. The highest BCUT2D eigenvalue weighted by molar-refractivity contribution is 6.42. The Kier molecular flexibility index (Phi) is 5.91. The molecule has 0 aliphatic carbocycles. The fourth-order valence-electron chi connectivity index (χ4n) is 2.75. The number of rotatable bonds is 4. The van der Waals surface area contributed by atoms with E-state index in [0.29, 0.717) is 16.0 Å². The van der Waals surface area contributed by atoms with Crippen molar-refractivity contribution in [2.24, 2.45) is 5.92 Å². The molecule has 1 aromatic rings. The third-order valence-corrected chi connectivity index (χ3v) is 4.95. The lowest BCUT2D eigenvalue weighted by atomic mass is 9.90. The van der Waals surface area contributed by atoms with Gasteiger partial charge in [-0.15, -0.1) is 0 Å². The van der Waals surface area contributed by atoms with Crippen molar-refractivity contribution in [2.75, 3.05) is 6.54 Å². The first-order valence-electron chi connectivity index (χ1n) is 7.50. The van der Waals surface area contributed by atoms with Crippen LogP contribution in [0.1, 0.15) is 44.7 Å². The zero-order valence-corrected chi connectivity index (χ0v) is 14.0. The van der Waals surface area contributed by atoms with Crippen LogP contribution in [0.15, 0.2) is 18.2 Å². The van der Waals surface area contributed by atoms with Gasteiger partial charge in [-0.25, -0.2) is 0 Å². The highest BCUT2D eigenvalue weighted by atomic mass is 35.5. The number of halogens is 2. The van der Waals surface area contributed by atoms with Crippen LogP contribution in [0.4, 0.5) is 0 Å². The van der Waals surface area contributed by atoms with Gasteiger partial charge < -0.3 is 10.6 Å². The van der Waals surface area contributed by atoms with E-state index in [2.05, 4.69) is 17.6 Å². The van der Waals surface area contributed by atoms with Gasteiger partial charge in [0.25, 0.3) is 0 Å². The molecule has 2 N–H and O–H groups in total. The minimum Gasteiger partial charge on any atom is -0.348 e. The predicted molar refractivity (Wildman–Crippen MR) is 87.8 cm³/mol. The molecule has 116 valence electrons. The fraction of sp³-hybridized carbons (Fsp3) is 0.562. The highest BCUT2D eigenvalue weighted by Crippen LogP contribution is 2.26. The molecular formula is C16H22Cl2N2O. The van der Waals surface area contributed by atoms with E-state index in [4.69, 9.17) is 23.2 Å². The van der Waals surface area contributed by atoms with Gasteiger partial charge in [-0.3, -0.25) is 4.79 Å². The fourth-order valence-corrected chi connectivity index (χ4v) is 3.05. The van der Waals surface area contributed by atoms with E-state index in [0.717, 1.165) is 31.4 Å². The molecule has 5 heteroatoms. The van der Waals surface area contributed by atoms with Crippen molar-refractivity contribution in [3.63, 3.8) is 0 Å². The largest absolute Gasteiger partial charge is 0.348 e. The quantitative estimate of drug-likeness (QED) is 0.878. The van der Waals surface area contributed by atoms with E-state index in [1.54, 1.807) is 12.1 Å². The molecule has 1 saturated heterocycles. The van der Waals surface area contributed by atoms with Gasteiger partial charge >= 0.3 is 0 Å². The van der Waals surface area contributed by atoms with Gasteiger partial charge in [0.05, 0.1) is 22.1 Å². The maximum absolute atomic E-state index is 12.4. The van der Waals surface area contributed by atoms with Crippen LogP contribution >= 0.6 is 23.2 Å². The van der Waals surface area contributed by atoms with Gasteiger partial charge in [-0.2, -0.15) is 0 Å². The second-order valence-corrected chi connectivity index (χ2v) is 6.52. The number of carbonyl (C=O) groups is 1. The zero-order valence-electron chi connectivity index (χ0n) is 12.5. The average Bonchev–Trinajstić information content (AvgIpc) is 2.49. The number of benzene rings is 1. The first-order valence-corrected chi connectivity index (χ1v) is 8.25. The summed E-state index contributed by atoms with van der Waals surface area (Å²) in [4.78, 5) is 12.4. The highest BCUT2D eigenvalue weighted by Gasteiger charge is 2.26. The molecule has 1 heterocycles. The van der Waals surface area contributed by atoms with Crippen molar-refractivity contribution < 1.29 is 4.79 Å². The predicted octanol–water partition coefficient (Wildman–Crippen LogP) is 3.95. The molecule has 0 spiro atoms. The summed E-state index contributed by atoms with van der Waals surface area (Å²) in [5.41, 5.74) is 0.959. The second-order valence-electron chi connectivity index (χ2n) is 5.71. The summed E-state index contributed by atoms with van der Waals surface area (Å²) in [5, 5.41) is 7.39. The van der Waals surface area contributed by atoms with Gasteiger partial charge in [0.15, 0.2) is 0 Å². The SMILES string of the molecule is CCC1CCNC(C(=O)NC(C)c2ccc(Cl)c(Cl)c2)C1. The van der Waals surface area contributed by atoms with Crippen LogP contribution in [0, 0.1) is 5.92 Å². The summed E-state index contributed by atoms with van der Waals surface area (Å²) in [5.74, 6) is 0.703. The van der Waals surface area contributed by atoms with Crippen molar-refractivity contribution >= 4 is 29.1 Å². The summed E-state index contributed by atoms with van der Waals surface area (Å²) in [6.07, 6.45) is 3.20. The Morgan fingerprint density at radius 1 is 1.43 bits per heavy atom. The van der Waals surface area contributed by atoms with E-state index in [9.17, 15) is 4.79 Å². The Balaban J connectivity index is 1.96. The molecule has 2 rings (SSSR count). The Morgan fingerprint density at radius 3 is 2.86 bits per heavy atom. The molecule has 1 aromatic carbocycles. The van der Waals surface area contributed by atoms with Crippen molar-refractivity contribution in [1.82, 2.24) is 10.6 Å². The molecule has 3 unspecified atom stereocenters. The lowest BCUT2D eigenvalue weighted by Gasteiger charge is -2.30. The molecule has 1 aliphatic rings. The van der Waals surface area contributed by atoms with Crippen molar-refractivity contribution in [1.29, 1.82) is 0 Å². The standard InChI is InChI=1S/C16H22Cl2N2O/c1-3-11-6-7-19-15(8-11)16(21)20-10(2)12-4-5-13(17)14(18)9-12/h4-5,9-11,15,19H,3,6-8H2,1-2H3,(H,20,21). The molecule has 0 bridgehead atoms. The Bertz CT molecular complexity index is 507. The maximum Gasteiger partial charge on any atom is 0.237 e. The molecule has 0 saturated carbocycles. The first-order chi connectivity index (χ1) is 10.0. The van der Waals surface area contributed by atoms with Crippen LogP contribution in [0.2, 0.25) is 10.0 Å². The van der Waals surface area contributed by atoms with Crippen LogP contribution < -0.4 is 10.6 Å². The Labute approximate surface area is 136 Å². The summed E-state index contributed by atoms with van der Waals surface area (Å²) in [7, 11) is 0. The van der Waals surface area contributed by atoms with Crippen LogP contribution in [0.25, 0.3) is 0 Å².